The summed E-state index contributed by atoms with van der Waals surface area (Å²) < 4.78 is 0. The fourth-order valence-corrected chi connectivity index (χ4v) is 14.3. The zero-order chi connectivity index (χ0) is 56.1. The number of benzene rings is 8. The third-order valence-corrected chi connectivity index (χ3v) is 19.9. The highest BCUT2D eigenvalue weighted by atomic mass is 15.2. The first kappa shape index (κ1) is 53.1. The molecule has 3 heteroatoms. The van der Waals surface area contributed by atoms with Crippen LogP contribution >= 0.6 is 0 Å². The minimum Gasteiger partial charge on any atom is -0.311 e. The largest absolute Gasteiger partial charge is 0.311 e. The summed E-state index contributed by atoms with van der Waals surface area (Å²) in [6.07, 6.45) is 4.68. The first-order chi connectivity index (χ1) is 37.0. The molecular formula is C76H85BN2. The molecule has 402 valence electrons. The molecule has 2 aliphatic heterocycles. The van der Waals surface area contributed by atoms with Gasteiger partial charge in [-0.15, -0.1) is 0 Å². The number of hydrogen-bond donors (Lipinski definition) is 0. The van der Waals surface area contributed by atoms with E-state index in [9.17, 15) is 0 Å². The lowest BCUT2D eigenvalue weighted by Gasteiger charge is -2.48. The normalized spacial score (nSPS) is 17.6. The number of rotatable bonds is 6. The van der Waals surface area contributed by atoms with E-state index in [2.05, 4.69) is 285 Å². The monoisotopic (exact) mass is 1040 g/mol. The molecular weight excluding hydrogens is 952 g/mol. The van der Waals surface area contributed by atoms with E-state index in [0.29, 0.717) is 0 Å². The van der Waals surface area contributed by atoms with Crippen LogP contribution in [0.2, 0.25) is 0 Å². The molecule has 0 spiro atoms. The molecule has 4 aliphatic rings. The van der Waals surface area contributed by atoms with Crippen molar-refractivity contribution in [2.24, 2.45) is 0 Å². The number of fused-ring (bicyclic) bond motifs is 6. The highest BCUT2D eigenvalue weighted by Gasteiger charge is 2.48. The Bertz CT molecular complexity index is 3720. The summed E-state index contributed by atoms with van der Waals surface area (Å²) in [7, 11) is 0. The lowest BCUT2D eigenvalue weighted by atomic mass is 9.33. The SMILES string of the molecule is Cc1cc2c3c(c1)N(c1ccc(C(C)(C)C)cc1-c1ccc(-c4ccc(C(C)(C)C)cc4)cc1)c1ccc(C(C)(C)c4ccccc4)cc1B3c1cc3c(cc1N2c1ccc2c(c1)C(C)(C)CCC2(C)C)C(C)(C)CCC3(C)C. The minimum absolute atomic E-state index is 0.0185. The topological polar surface area (TPSA) is 6.48 Å². The van der Waals surface area contributed by atoms with Gasteiger partial charge in [0.2, 0.25) is 0 Å². The molecule has 0 unspecified atom stereocenters. The highest BCUT2D eigenvalue weighted by molar-refractivity contribution is 7.00. The lowest BCUT2D eigenvalue weighted by Crippen LogP contribution is -2.62. The van der Waals surface area contributed by atoms with Crippen LogP contribution < -0.4 is 26.2 Å². The summed E-state index contributed by atoms with van der Waals surface area (Å²) >= 11 is 0. The average molecular weight is 1040 g/mol. The van der Waals surface area contributed by atoms with Crippen molar-refractivity contribution in [1.29, 1.82) is 0 Å². The Hall–Kier alpha value is -6.58. The van der Waals surface area contributed by atoms with E-state index < -0.39 is 0 Å². The third kappa shape index (κ3) is 8.74. The molecule has 0 fully saturated rings. The maximum absolute atomic E-state index is 2.71. The van der Waals surface area contributed by atoms with Crippen molar-refractivity contribution >= 4 is 57.2 Å². The van der Waals surface area contributed by atoms with Gasteiger partial charge in [-0.05, 0) is 197 Å². The van der Waals surface area contributed by atoms with Crippen molar-refractivity contribution in [3.63, 3.8) is 0 Å². The van der Waals surface area contributed by atoms with Gasteiger partial charge in [-0.3, -0.25) is 0 Å². The molecule has 0 amide bonds. The molecule has 0 saturated heterocycles. The fraction of sp³-hybridized carbons (Fsp3) is 0.368. The Morgan fingerprint density at radius 3 is 1.44 bits per heavy atom. The summed E-state index contributed by atoms with van der Waals surface area (Å²) in [5.41, 5.74) is 29.2. The molecule has 0 saturated carbocycles. The lowest BCUT2D eigenvalue weighted by molar-refractivity contribution is 0.332. The standard InChI is InChI=1S/C76H85BN2/c1-48-41-67-69-68(42-48)79(64-35-31-54(71(5,6)7)43-57(64)51-25-23-49(24-26-51)50-27-29-52(30-28-50)70(2,3)4)65-36-32-55(76(16,17)53-21-19-18-20-22-53)44-62(65)77(69)63-46-60-61(75(14,15)40-39-74(60,12)13)47-66(63)78(67)56-33-34-58-59(45-56)73(10,11)38-37-72(58,8)9/h18-36,41-47H,37-40H2,1-17H3. The maximum atomic E-state index is 2.71. The Morgan fingerprint density at radius 1 is 0.367 bits per heavy atom. The van der Waals surface area contributed by atoms with Crippen LogP contribution in [0.4, 0.5) is 34.1 Å². The van der Waals surface area contributed by atoms with E-state index in [-0.39, 0.29) is 44.6 Å². The molecule has 2 heterocycles. The van der Waals surface area contributed by atoms with Crippen molar-refractivity contribution in [3.8, 4) is 22.3 Å². The highest BCUT2D eigenvalue weighted by Crippen LogP contribution is 2.54. The van der Waals surface area contributed by atoms with Crippen LogP contribution in [-0.4, -0.2) is 6.71 Å². The van der Waals surface area contributed by atoms with Crippen LogP contribution in [-0.2, 0) is 37.9 Å². The molecule has 8 aromatic carbocycles. The van der Waals surface area contributed by atoms with Crippen LogP contribution in [0, 0.1) is 6.92 Å². The van der Waals surface area contributed by atoms with Crippen LogP contribution in [0.15, 0.2) is 158 Å². The second-order valence-electron chi connectivity index (χ2n) is 29.7. The van der Waals surface area contributed by atoms with Gasteiger partial charge in [-0.25, -0.2) is 0 Å². The van der Waals surface area contributed by atoms with Gasteiger partial charge >= 0.3 is 0 Å². The smallest absolute Gasteiger partial charge is 0.252 e. The molecule has 79 heavy (non-hydrogen) atoms. The van der Waals surface area contributed by atoms with Crippen LogP contribution in [0.1, 0.15) is 187 Å². The van der Waals surface area contributed by atoms with Crippen LogP contribution in [0.3, 0.4) is 0 Å². The van der Waals surface area contributed by atoms with E-state index in [1.165, 1.54) is 136 Å². The van der Waals surface area contributed by atoms with E-state index in [0.717, 1.165) is 12.8 Å². The van der Waals surface area contributed by atoms with E-state index in [4.69, 9.17) is 0 Å². The Labute approximate surface area is 475 Å². The van der Waals surface area contributed by atoms with Gasteiger partial charge in [-0.1, -0.05) is 220 Å². The zero-order valence-electron chi connectivity index (χ0n) is 50.8. The van der Waals surface area contributed by atoms with E-state index in [1.54, 1.807) is 0 Å². The molecule has 2 nitrogen and oxygen atoms in total. The predicted octanol–water partition coefficient (Wildman–Crippen LogP) is 19.0. The summed E-state index contributed by atoms with van der Waals surface area (Å²) in [5.74, 6) is 0. The Kier molecular flexibility index (Phi) is 12.1. The van der Waals surface area contributed by atoms with Crippen molar-refractivity contribution in [2.75, 3.05) is 9.80 Å². The number of nitrogens with zero attached hydrogens (tertiary/aromatic N) is 2. The Balaban J connectivity index is 1.15. The summed E-state index contributed by atoms with van der Waals surface area (Å²) in [6.45, 7) is 40.9. The molecule has 2 aliphatic carbocycles. The first-order valence-electron chi connectivity index (χ1n) is 29.7. The van der Waals surface area contributed by atoms with Gasteiger partial charge in [0.25, 0.3) is 6.71 Å². The summed E-state index contributed by atoms with van der Waals surface area (Å²) in [5, 5.41) is 0. The van der Waals surface area contributed by atoms with Gasteiger partial charge in [0.1, 0.15) is 0 Å². The van der Waals surface area contributed by atoms with Crippen LogP contribution in [0.25, 0.3) is 22.3 Å². The molecule has 0 N–H and O–H groups in total. The zero-order valence-corrected chi connectivity index (χ0v) is 50.8. The van der Waals surface area contributed by atoms with Gasteiger partial charge < -0.3 is 9.80 Å². The molecule has 0 aromatic heterocycles. The first-order valence-corrected chi connectivity index (χ1v) is 29.7. The number of anilines is 6. The third-order valence-electron chi connectivity index (χ3n) is 19.9. The quantitative estimate of drug-likeness (QED) is 0.153. The summed E-state index contributed by atoms with van der Waals surface area (Å²) in [6, 6.07) is 62.6. The second-order valence-corrected chi connectivity index (χ2v) is 29.7. The fourth-order valence-electron chi connectivity index (χ4n) is 14.3. The van der Waals surface area contributed by atoms with Crippen molar-refractivity contribution in [1.82, 2.24) is 0 Å². The number of aryl methyl sites for hydroxylation is 1. The van der Waals surface area contributed by atoms with Gasteiger partial charge in [0, 0.05) is 39.4 Å². The van der Waals surface area contributed by atoms with E-state index >= 15 is 0 Å². The van der Waals surface area contributed by atoms with Crippen LogP contribution in [0.5, 0.6) is 0 Å². The van der Waals surface area contributed by atoms with Crippen molar-refractivity contribution in [3.05, 3.63) is 208 Å². The molecule has 8 aromatic rings. The second kappa shape index (κ2) is 18.0. The summed E-state index contributed by atoms with van der Waals surface area (Å²) in [4.78, 5) is 5.38. The van der Waals surface area contributed by atoms with Crippen molar-refractivity contribution < 1.29 is 0 Å². The van der Waals surface area contributed by atoms with Gasteiger partial charge in [-0.2, -0.15) is 0 Å². The van der Waals surface area contributed by atoms with Gasteiger partial charge in [0.05, 0.1) is 5.69 Å². The average Bonchev–Trinajstić information content (AvgIpc) is 3.60. The number of hydrogen-bond acceptors (Lipinski definition) is 2. The predicted molar refractivity (Wildman–Crippen MR) is 343 cm³/mol. The van der Waals surface area contributed by atoms with Crippen molar-refractivity contribution in [2.45, 2.75) is 181 Å². The maximum Gasteiger partial charge on any atom is 0.252 e. The molecule has 0 atom stereocenters. The van der Waals surface area contributed by atoms with E-state index in [1.807, 2.05) is 0 Å². The molecule has 12 rings (SSSR count). The molecule has 0 bridgehead atoms. The van der Waals surface area contributed by atoms with Gasteiger partial charge in [0.15, 0.2) is 0 Å². The Morgan fingerprint density at radius 2 is 0.848 bits per heavy atom. The minimum atomic E-state index is -0.249. The molecule has 0 radical (unpaired) electrons.